The van der Waals surface area contributed by atoms with Gasteiger partial charge in [0.05, 0.1) is 6.04 Å². The largest absolute Gasteiger partial charge is 0.483 e. The van der Waals surface area contributed by atoms with Gasteiger partial charge in [-0.15, -0.1) is 0 Å². The first-order valence-electron chi connectivity index (χ1n) is 12.5. The van der Waals surface area contributed by atoms with Crippen molar-refractivity contribution in [1.29, 1.82) is 0 Å². The number of hydrogen-bond acceptors (Lipinski definition) is 4. The maximum Gasteiger partial charge on any atom is 0.274 e. The summed E-state index contributed by atoms with van der Waals surface area (Å²) in [6.45, 7) is 0.534. The van der Waals surface area contributed by atoms with Crippen LogP contribution in [0.2, 0.25) is 0 Å². The molecule has 0 radical (unpaired) electrons. The number of rotatable bonds is 6. The van der Waals surface area contributed by atoms with Crippen molar-refractivity contribution in [1.82, 2.24) is 14.8 Å². The van der Waals surface area contributed by atoms with Crippen LogP contribution in [0.25, 0.3) is 0 Å². The number of carbonyl (C=O) groups is 2. The highest BCUT2D eigenvalue weighted by molar-refractivity contribution is 5.99. The summed E-state index contributed by atoms with van der Waals surface area (Å²) in [4.78, 5) is 41.4. The van der Waals surface area contributed by atoms with Crippen LogP contribution in [0.4, 0.5) is 22.0 Å². The molecule has 1 fully saturated rings. The van der Waals surface area contributed by atoms with Gasteiger partial charge >= 0.3 is 0 Å². The lowest BCUT2D eigenvalue weighted by molar-refractivity contribution is -0.0271. The molecule has 0 saturated carbocycles. The molecule has 2 atom stereocenters. The SMILES string of the molecule is C[C@H]1CC(F)(F)C[C@H]2CN1C(=O)c1c(OCc3ccccc3)c(=O)c(C(=O)NCc3c(F)cc(F)cc3F)cn12. The molecule has 40 heavy (non-hydrogen) atoms. The van der Waals surface area contributed by atoms with Gasteiger partial charge in [-0.25, -0.2) is 22.0 Å². The Hall–Kier alpha value is -4.22. The Bertz CT molecular complexity index is 1520. The van der Waals surface area contributed by atoms with Crippen LogP contribution < -0.4 is 15.5 Å². The number of carbonyl (C=O) groups excluding carboxylic acids is 2. The smallest absolute Gasteiger partial charge is 0.274 e. The molecular formula is C28H24F5N3O4. The number of pyridine rings is 1. The van der Waals surface area contributed by atoms with Crippen molar-refractivity contribution in [2.24, 2.45) is 0 Å². The van der Waals surface area contributed by atoms with Crippen LogP contribution in [0.5, 0.6) is 5.75 Å². The van der Waals surface area contributed by atoms with Crippen LogP contribution in [0.15, 0.2) is 53.5 Å². The molecule has 2 aromatic carbocycles. The minimum atomic E-state index is -3.13. The van der Waals surface area contributed by atoms with Crippen molar-refractivity contribution >= 4 is 11.8 Å². The van der Waals surface area contributed by atoms with Gasteiger partial charge in [0.1, 0.15) is 29.6 Å². The van der Waals surface area contributed by atoms with Crippen molar-refractivity contribution in [3.63, 3.8) is 0 Å². The second-order valence-corrected chi connectivity index (χ2v) is 9.99. The summed E-state index contributed by atoms with van der Waals surface area (Å²) in [5, 5.41) is 2.21. The Labute approximate surface area is 225 Å². The summed E-state index contributed by atoms with van der Waals surface area (Å²) in [5.41, 5.74) is -1.83. The van der Waals surface area contributed by atoms with Crippen molar-refractivity contribution in [3.8, 4) is 5.75 Å². The number of aromatic nitrogens is 1. The van der Waals surface area contributed by atoms with Gasteiger partial charge in [-0.3, -0.25) is 14.4 Å². The number of amides is 2. The van der Waals surface area contributed by atoms with Crippen LogP contribution in [-0.4, -0.2) is 39.8 Å². The van der Waals surface area contributed by atoms with E-state index < -0.39 is 89.0 Å². The van der Waals surface area contributed by atoms with E-state index in [1.54, 1.807) is 30.3 Å². The Morgan fingerprint density at radius 1 is 1.07 bits per heavy atom. The predicted octanol–water partition coefficient (Wildman–Crippen LogP) is 4.59. The zero-order chi connectivity index (χ0) is 28.8. The Kier molecular flexibility index (Phi) is 7.11. The molecule has 2 aliphatic heterocycles. The van der Waals surface area contributed by atoms with E-state index in [4.69, 9.17) is 4.74 Å². The molecule has 2 bridgehead atoms. The van der Waals surface area contributed by atoms with E-state index in [0.717, 1.165) is 6.20 Å². The zero-order valence-electron chi connectivity index (χ0n) is 21.2. The van der Waals surface area contributed by atoms with Crippen LogP contribution in [0.1, 0.15) is 57.8 Å². The molecule has 210 valence electrons. The summed E-state index contributed by atoms with van der Waals surface area (Å²) in [5.74, 6) is -9.03. The number of nitrogens with zero attached hydrogens (tertiary/aromatic N) is 2. The van der Waals surface area contributed by atoms with Gasteiger partial charge in [0, 0.05) is 55.9 Å². The highest BCUT2D eigenvalue weighted by Crippen LogP contribution is 2.41. The summed E-state index contributed by atoms with van der Waals surface area (Å²) in [7, 11) is 0. The molecule has 3 aromatic rings. The molecule has 1 saturated heterocycles. The van der Waals surface area contributed by atoms with E-state index in [1.807, 2.05) is 0 Å². The average molecular weight is 562 g/mol. The lowest BCUT2D eigenvalue weighted by Crippen LogP contribution is -2.47. The third-order valence-electron chi connectivity index (χ3n) is 7.12. The highest BCUT2D eigenvalue weighted by atomic mass is 19.3. The number of ether oxygens (including phenoxy) is 1. The van der Waals surface area contributed by atoms with E-state index in [0.29, 0.717) is 17.7 Å². The fourth-order valence-corrected chi connectivity index (χ4v) is 5.18. The summed E-state index contributed by atoms with van der Waals surface area (Å²) < 4.78 is 77.9. The Balaban J connectivity index is 1.57. The van der Waals surface area contributed by atoms with Crippen molar-refractivity contribution in [2.45, 2.75) is 50.9 Å². The van der Waals surface area contributed by atoms with E-state index >= 15 is 0 Å². The second kappa shape index (κ2) is 10.4. The molecule has 7 nitrogen and oxygen atoms in total. The van der Waals surface area contributed by atoms with E-state index in [1.165, 1.54) is 16.4 Å². The number of alkyl halides is 2. The average Bonchev–Trinajstić information content (AvgIpc) is 2.99. The van der Waals surface area contributed by atoms with E-state index in [-0.39, 0.29) is 18.8 Å². The lowest BCUT2D eigenvalue weighted by atomic mass is 10.0. The van der Waals surface area contributed by atoms with Crippen LogP contribution in [0.3, 0.4) is 0 Å². The van der Waals surface area contributed by atoms with Gasteiger partial charge in [0.25, 0.3) is 17.7 Å². The summed E-state index contributed by atoms with van der Waals surface area (Å²) >= 11 is 0. The fourth-order valence-electron chi connectivity index (χ4n) is 5.18. The number of nitrogens with one attached hydrogen (secondary N) is 1. The molecular weight excluding hydrogens is 537 g/mol. The zero-order valence-corrected chi connectivity index (χ0v) is 21.2. The van der Waals surface area contributed by atoms with Gasteiger partial charge < -0.3 is 19.5 Å². The standard InChI is InChI=1S/C28H24F5N3O4/c1-15-9-28(32,33)10-18-12-35(15)27(39)23-25(40-14-16-5-3-2-4-6-16)24(37)20(13-36(18)23)26(38)34-11-19-21(30)7-17(29)8-22(19)31/h2-8,13,15,18H,9-12,14H2,1H3,(H,34,38)/t15-,18-/m0/s1. The Morgan fingerprint density at radius 3 is 2.42 bits per heavy atom. The van der Waals surface area contributed by atoms with Crippen molar-refractivity contribution in [3.05, 3.63) is 98.7 Å². The molecule has 2 amide bonds. The maximum atomic E-state index is 14.8. The molecule has 5 rings (SSSR count). The van der Waals surface area contributed by atoms with Crippen molar-refractivity contribution < 1.29 is 36.3 Å². The van der Waals surface area contributed by atoms with Gasteiger partial charge in [-0.05, 0) is 12.5 Å². The first kappa shape index (κ1) is 27.4. The number of fused-ring (bicyclic) bond motifs is 4. The monoisotopic (exact) mass is 561 g/mol. The van der Waals surface area contributed by atoms with Gasteiger partial charge in [-0.1, -0.05) is 30.3 Å². The third kappa shape index (κ3) is 5.17. The minimum absolute atomic E-state index is 0.0728. The number of benzene rings is 2. The second-order valence-electron chi connectivity index (χ2n) is 9.99. The topological polar surface area (TPSA) is 80.6 Å². The molecule has 12 heteroatoms. The Morgan fingerprint density at radius 2 is 1.75 bits per heavy atom. The first-order valence-corrected chi connectivity index (χ1v) is 12.5. The quantitative estimate of drug-likeness (QED) is 0.447. The molecule has 0 spiro atoms. The molecule has 1 aromatic heterocycles. The first-order chi connectivity index (χ1) is 18.9. The van der Waals surface area contributed by atoms with Crippen molar-refractivity contribution in [2.75, 3.05) is 6.54 Å². The van der Waals surface area contributed by atoms with Crippen LogP contribution in [-0.2, 0) is 13.2 Å². The molecule has 3 heterocycles. The lowest BCUT2D eigenvalue weighted by Gasteiger charge is -2.37. The molecule has 1 N–H and O–H groups in total. The normalized spacial score (nSPS) is 19.6. The van der Waals surface area contributed by atoms with Crippen LogP contribution in [0, 0.1) is 17.5 Å². The highest BCUT2D eigenvalue weighted by Gasteiger charge is 2.47. The summed E-state index contributed by atoms with van der Waals surface area (Å²) in [6, 6.07) is 7.73. The van der Waals surface area contributed by atoms with Gasteiger partial charge in [0.15, 0.2) is 11.4 Å². The van der Waals surface area contributed by atoms with E-state index in [2.05, 4.69) is 5.32 Å². The fraction of sp³-hybridized carbons (Fsp3) is 0.321. The maximum absolute atomic E-state index is 14.8. The van der Waals surface area contributed by atoms with E-state index in [9.17, 15) is 36.3 Å². The van der Waals surface area contributed by atoms with Crippen LogP contribution >= 0.6 is 0 Å². The number of halogens is 5. The molecule has 2 aliphatic rings. The van der Waals surface area contributed by atoms with Gasteiger partial charge in [0.2, 0.25) is 5.43 Å². The minimum Gasteiger partial charge on any atom is -0.483 e. The molecule has 0 unspecified atom stereocenters. The predicted molar refractivity (Wildman–Crippen MR) is 133 cm³/mol. The number of hydrogen-bond donors (Lipinski definition) is 1. The molecule has 0 aliphatic carbocycles. The van der Waals surface area contributed by atoms with Gasteiger partial charge in [-0.2, -0.15) is 0 Å². The third-order valence-corrected chi connectivity index (χ3v) is 7.12. The summed E-state index contributed by atoms with van der Waals surface area (Å²) in [6.07, 6.45) is -0.218.